The number of carbonyl (C=O) groups is 1. The van der Waals surface area contributed by atoms with Gasteiger partial charge in [0.15, 0.2) is 0 Å². The minimum Gasteiger partial charge on any atom is -0.340 e. The summed E-state index contributed by atoms with van der Waals surface area (Å²) in [5.74, 6) is 0.726. The Hall–Kier alpha value is -2.99. The molecule has 2 N–H and O–H groups in total. The second kappa shape index (κ2) is 6.72. The predicted molar refractivity (Wildman–Crippen MR) is 103 cm³/mol. The fourth-order valence-electron chi connectivity index (χ4n) is 2.99. The summed E-state index contributed by atoms with van der Waals surface area (Å²) >= 11 is 5.93. The van der Waals surface area contributed by atoms with Gasteiger partial charge in [-0.3, -0.25) is 4.79 Å². The van der Waals surface area contributed by atoms with Crippen LogP contribution >= 0.6 is 11.6 Å². The molecule has 7 heteroatoms. The number of hydrazone groups is 1. The van der Waals surface area contributed by atoms with Crippen molar-refractivity contribution in [2.24, 2.45) is 11.0 Å². The number of rotatable bonds is 3. The van der Waals surface area contributed by atoms with Gasteiger partial charge in [-0.2, -0.15) is 5.10 Å². The lowest BCUT2D eigenvalue weighted by molar-refractivity contribution is -0.121. The molecule has 1 aromatic heterocycles. The smallest absolute Gasteiger partial charge is 0.240 e. The van der Waals surface area contributed by atoms with E-state index in [1.165, 1.54) is 6.33 Å². The summed E-state index contributed by atoms with van der Waals surface area (Å²) in [7, 11) is 0. The highest BCUT2D eigenvalue weighted by molar-refractivity contribution is 6.30. The third kappa shape index (κ3) is 3.23. The minimum atomic E-state index is -0.0567. The second-order valence-corrected chi connectivity index (χ2v) is 6.66. The molecule has 0 radical (unpaired) electrons. The second-order valence-electron chi connectivity index (χ2n) is 6.22. The zero-order valence-electron chi connectivity index (χ0n) is 14.0. The van der Waals surface area contributed by atoms with E-state index in [-0.39, 0.29) is 11.8 Å². The van der Waals surface area contributed by atoms with Crippen molar-refractivity contribution >= 4 is 45.6 Å². The molecule has 0 aliphatic carbocycles. The lowest BCUT2D eigenvalue weighted by atomic mass is 9.93. The van der Waals surface area contributed by atoms with E-state index in [1.807, 2.05) is 49.4 Å². The Balaban J connectivity index is 1.70. The summed E-state index contributed by atoms with van der Waals surface area (Å²) in [5, 5.41) is 9.09. The summed E-state index contributed by atoms with van der Waals surface area (Å²) < 4.78 is 0. The van der Waals surface area contributed by atoms with E-state index in [0.29, 0.717) is 11.4 Å². The molecule has 2 aromatic carbocycles. The monoisotopic (exact) mass is 365 g/mol. The zero-order chi connectivity index (χ0) is 18.1. The van der Waals surface area contributed by atoms with Crippen molar-refractivity contribution in [3.8, 4) is 0 Å². The van der Waals surface area contributed by atoms with E-state index in [4.69, 9.17) is 11.6 Å². The fraction of sp³-hybridized carbons (Fsp3) is 0.158. The summed E-state index contributed by atoms with van der Waals surface area (Å²) in [4.78, 5) is 20.2. The quantitative estimate of drug-likeness (QED) is 0.738. The first-order valence-corrected chi connectivity index (χ1v) is 8.62. The number of nitrogens with zero attached hydrogens (tertiary/aromatic N) is 3. The summed E-state index contributed by atoms with van der Waals surface area (Å²) in [6.45, 7) is 2.00. The van der Waals surface area contributed by atoms with Crippen LogP contribution in [0.5, 0.6) is 0 Å². The van der Waals surface area contributed by atoms with Crippen LogP contribution in [0.1, 0.15) is 18.9 Å². The van der Waals surface area contributed by atoms with E-state index in [2.05, 4.69) is 25.8 Å². The molecule has 1 atom stereocenters. The van der Waals surface area contributed by atoms with Crippen LogP contribution < -0.4 is 10.7 Å². The SMILES string of the molecule is CC1CC(=O)NN=C1c1ccc2c(Nc3ccc(Cl)cc3)ncnc2c1. The molecule has 0 saturated heterocycles. The molecule has 1 amide bonds. The summed E-state index contributed by atoms with van der Waals surface area (Å²) in [5.41, 5.74) is 6.06. The van der Waals surface area contributed by atoms with E-state index in [1.54, 1.807) is 0 Å². The van der Waals surface area contributed by atoms with Gasteiger partial charge in [-0.25, -0.2) is 15.4 Å². The number of anilines is 2. The molecule has 0 spiro atoms. The molecule has 1 aliphatic heterocycles. The van der Waals surface area contributed by atoms with Crippen molar-refractivity contribution < 1.29 is 4.79 Å². The average Bonchev–Trinajstić information content (AvgIpc) is 2.63. The highest BCUT2D eigenvalue weighted by Gasteiger charge is 2.22. The molecule has 0 bridgehead atoms. The normalized spacial score (nSPS) is 16.9. The number of fused-ring (bicyclic) bond motifs is 1. The molecule has 0 fully saturated rings. The van der Waals surface area contributed by atoms with E-state index in [9.17, 15) is 4.79 Å². The van der Waals surface area contributed by atoms with E-state index < -0.39 is 0 Å². The molecule has 1 aliphatic rings. The molecule has 4 rings (SSSR count). The van der Waals surface area contributed by atoms with Crippen molar-refractivity contribution in [1.29, 1.82) is 0 Å². The van der Waals surface area contributed by atoms with Crippen LogP contribution in [0, 0.1) is 5.92 Å². The van der Waals surface area contributed by atoms with Gasteiger partial charge in [0.2, 0.25) is 5.91 Å². The van der Waals surface area contributed by atoms with Crippen LogP contribution in [0.15, 0.2) is 53.9 Å². The Morgan fingerprint density at radius 2 is 1.96 bits per heavy atom. The molecule has 1 unspecified atom stereocenters. The van der Waals surface area contributed by atoms with Crippen LogP contribution in [-0.2, 0) is 4.79 Å². The van der Waals surface area contributed by atoms with Gasteiger partial charge >= 0.3 is 0 Å². The topological polar surface area (TPSA) is 79.3 Å². The largest absolute Gasteiger partial charge is 0.340 e. The van der Waals surface area contributed by atoms with Gasteiger partial charge in [0.1, 0.15) is 12.1 Å². The summed E-state index contributed by atoms with van der Waals surface area (Å²) in [6.07, 6.45) is 1.96. The van der Waals surface area contributed by atoms with Crippen molar-refractivity contribution in [3.05, 3.63) is 59.4 Å². The van der Waals surface area contributed by atoms with Crippen LogP contribution in [0.2, 0.25) is 5.02 Å². The number of hydrogen-bond acceptors (Lipinski definition) is 5. The maximum Gasteiger partial charge on any atom is 0.240 e. The predicted octanol–water partition coefficient (Wildman–Crippen LogP) is 3.89. The highest BCUT2D eigenvalue weighted by atomic mass is 35.5. The summed E-state index contributed by atoms with van der Waals surface area (Å²) in [6, 6.07) is 13.3. The number of amides is 1. The fourth-order valence-corrected chi connectivity index (χ4v) is 3.11. The Bertz CT molecular complexity index is 1020. The Morgan fingerprint density at radius 1 is 1.15 bits per heavy atom. The van der Waals surface area contributed by atoms with Crippen molar-refractivity contribution in [2.75, 3.05) is 5.32 Å². The molecular weight excluding hydrogens is 350 g/mol. The van der Waals surface area contributed by atoms with Gasteiger partial charge in [-0.05, 0) is 36.4 Å². The molecule has 0 saturated carbocycles. The maximum absolute atomic E-state index is 11.4. The Kier molecular flexibility index (Phi) is 4.26. The van der Waals surface area contributed by atoms with Crippen molar-refractivity contribution in [3.63, 3.8) is 0 Å². The van der Waals surface area contributed by atoms with E-state index in [0.717, 1.165) is 33.7 Å². The molecular formula is C19H16ClN5O. The number of benzene rings is 2. The van der Waals surface area contributed by atoms with Crippen molar-refractivity contribution in [2.45, 2.75) is 13.3 Å². The first kappa shape index (κ1) is 16.5. The van der Waals surface area contributed by atoms with Crippen LogP contribution in [0.25, 0.3) is 10.9 Å². The zero-order valence-corrected chi connectivity index (χ0v) is 14.8. The molecule has 130 valence electrons. The molecule has 2 heterocycles. The van der Waals surface area contributed by atoms with Gasteiger partial charge in [0, 0.05) is 34.0 Å². The van der Waals surface area contributed by atoms with Gasteiger partial charge in [-0.15, -0.1) is 0 Å². The van der Waals surface area contributed by atoms with Gasteiger partial charge in [0.05, 0.1) is 11.2 Å². The molecule has 6 nitrogen and oxygen atoms in total. The number of hydrogen-bond donors (Lipinski definition) is 2. The lowest BCUT2D eigenvalue weighted by Crippen LogP contribution is -2.31. The first-order chi connectivity index (χ1) is 12.6. The first-order valence-electron chi connectivity index (χ1n) is 8.24. The third-order valence-electron chi connectivity index (χ3n) is 4.30. The lowest BCUT2D eigenvalue weighted by Gasteiger charge is -2.19. The average molecular weight is 366 g/mol. The van der Waals surface area contributed by atoms with E-state index >= 15 is 0 Å². The molecule has 26 heavy (non-hydrogen) atoms. The number of halogens is 1. The minimum absolute atomic E-state index is 0.0567. The molecule has 3 aromatic rings. The maximum atomic E-state index is 11.4. The number of carbonyl (C=O) groups excluding carboxylic acids is 1. The standard InChI is InChI=1S/C19H16ClN5O/c1-11-8-17(26)24-25-18(11)12-2-7-15-16(9-12)21-10-22-19(15)23-14-5-3-13(20)4-6-14/h2-7,9-11H,8H2,1H3,(H,24,26)(H,21,22,23). The van der Waals surface area contributed by atoms with Gasteiger partial charge in [-0.1, -0.05) is 24.6 Å². The van der Waals surface area contributed by atoms with Crippen LogP contribution in [0.3, 0.4) is 0 Å². The third-order valence-corrected chi connectivity index (χ3v) is 4.55. The van der Waals surface area contributed by atoms with Gasteiger partial charge in [0.25, 0.3) is 0 Å². The Morgan fingerprint density at radius 3 is 2.73 bits per heavy atom. The van der Waals surface area contributed by atoms with Crippen LogP contribution in [0.4, 0.5) is 11.5 Å². The van der Waals surface area contributed by atoms with Crippen LogP contribution in [-0.4, -0.2) is 21.6 Å². The Labute approximate surface area is 155 Å². The number of aromatic nitrogens is 2. The highest BCUT2D eigenvalue weighted by Crippen LogP contribution is 2.26. The van der Waals surface area contributed by atoms with Crippen molar-refractivity contribution in [1.82, 2.24) is 15.4 Å². The van der Waals surface area contributed by atoms with Gasteiger partial charge < -0.3 is 5.32 Å². The number of nitrogens with one attached hydrogen (secondary N) is 2.